The molecule has 0 spiro atoms. The Morgan fingerprint density at radius 2 is 2.05 bits per heavy atom. The van der Waals surface area contributed by atoms with E-state index in [0.29, 0.717) is 6.04 Å². The van der Waals surface area contributed by atoms with Gasteiger partial charge < -0.3 is 10.0 Å². The molecule has 1 aromatic heterocycles. The molecule has 1 aliphatic heterocycles. The van der Waals surface area contributed by atoms with Crippen molar-refractivity contribution < 1.29 is 9.90 Å². The van der Waals surface area contributed by atoms with Gasteiger partial charge in [-0.05, 0) is 30.7 Å². The molecule has 0 aromatic carbocycles. The molecule has 0 bridgehead atoms. The van der Waals surface area contributed by atoms with Gasteiger partial charge in [-0.3, -0.25) is 9.69 Å². The van der Waals surface area contributed by atoms with Crippen LogP contribution in [0.2, 0.25) is 0 Å². The van der Waals surface area contributed by atoms with Crippen LogP contribution in [0.3, 0.4) is 0 Å². The van der Waals surface area contributed by atoms with Crippen LogP contribution >= 0.6 is 11.3 Å². The highest BCUT2D eigenvalue weighted by atomic mass is 32.1. The van der Waals surface area contributed by atoms with E-state index in [1.54, 1.807) is 11.3 Å². The standard InChI is InChI=1S/C14H20N2O2S/c17-13-3-1-2-12(13)15-5-7-16(8-6-15)14(18)11-4-9-19-10-11/h4,9-10,12-13,17H,1-3,5-8H2/t12-,13+/m1/s1. The number of thiophene rings is 1. The predicted octanol–water partition coefficient (Wildman–Crippen LogP) is 1.42. The highest BCUT2D eigenvalue weighted by molar-refractivity contribution is 7.08. The molecule has 5 heteroatoms. The Kier molecular flexibility index (Phi) is 3.86. The number of amides is 1. The molecular formula is C14H20N2O2S. The Labute approximate surface area is 117 Å². The van der Waals surface area contributed by atoms with E-state index in [4.69, 9.17) is 0 Å². The van der Waals surface area contributed by atoms with E-state index in [1.165, 1.54) is 0 Å². The van der Waals surface area contributed by atoms with Gasteiger partial charge in [0.25, 0.3) is 5.91 Å². The first-order valence-corrected chi connectivity index (χ1v) is 7.93. The maximum atomic E-state index is 12.2. The van der Waals surface area contributed by atoms with Gasteiger partial charge in [0, 0.05) is 37.6 Å². The van der Waals surface area contributed by atoms with Crippen molar-refractivity contribution in [2.75, 3.05) is 26.2 Å². The molecule has 19 heavy (non-hydrogen) atoms. The number of piperazine rings is 1. The molecule has 1 saturated heterocycles. The minimum atomic E-state index is -0.167. The third kappa shape index (κ3) is 2.68. The Morgan fingerprint density at radius 3 is 2.63 bits per heavy atom. The summed E-state index contributed by atoms with van der Waals surface area (Å²) in [6.07, 6.45) is 2.98. The fraction of sp³-hybridized carbons (Fsp3) is 0.643. The third-order valence-electron chi connectivity index (χ3n) is 4.28. The van der Waals surface area contributed by atoms with E-state index in [1.807, 2.05) is 21.7 Å². The lowest BCUT2D eigenvalue weighted by Crippen LogP contribution is -2.53. The van der Waals surface area contributed by atoms with Gasteiger partial charge in [-0.25, -0.2) is 0 Å². The summed E-state index contributed by atoms with van der Waals surface area (Å²) in [6.45, 7) is 3.32. The Hall–Kier alpha value is -0.910. The largest absolute Gasteiger partial charge is 0.391 e. The quantitative estimate of drug-likeness (QED) is 0.891. The van der Waals surface area contributed by atoms with Gasteiger partial charge in [0.1, 0.15) is 0 Å². The fourth-order valence-corrected chi connectivity index (χ4v) is 3.80. The third-order valence-corrected chi connectivity index (χ3v) is 4.97. The monoisotopic (exact) mass is 280 g/mol. The molecular weight excluding hydrogens is 260 g/mol. The average molecular weight is 280 g/mol. The Morgan fingerprint density at radius 1 is 1.26 bits per heavy atom. The zero-order valence-corrected chi connectivity index (χ0v) is 11.8. The lowest BCUT2D eigenvalue weighted by Gasteiger charge is -2.39. The van der Waals surface area contributed by atoms with Gasteiger partial charge >= 0.3 is 0 Å². The summed E-state index contributed by atoms with van der Waals surface area (Å²) in [5, 5.41) is 13.8. The van der Waals surface area contributed by atoms with Gasteiger partial charge in [-0.15, -0.1) is 0 Å². The number of hydrogen-bond acceptors (Lipinski definition) is 4. The summed E-state index contributed by atoms with van der Waals surface area (Å²) in [7, 11) is 0. The molecule has 2 atom stereocenters. The molecule has 0 unspecified atom stereocenters. The average Bonchev–Trinajstić information content (AvgIpc) is 3.09. The molecule has 0 radical (unpaired) electrons. The zero-order chi connectivity index (χ0) is 13.2. The molecule has 1 aromatic rings. The van der Waals surface area contributed by atoms with E-state index in [0.717, 1.165) is 51.0 Å². The molecule has 2 aliphatic rings. The highest BCUT2D eigenvalue weighted by Crippen LogP contribution is 2.25. The van der Waals surface area contributed by atoms with Crippen molar-refractivity contribution in [2.45, 2.75) is 31.4 Å². The van der Waals surface area contributed by atoms with Crippen molar-refractivity contribution in [3.05, 3.63) is 22.4 Å². The molecule has 1 N–H and O–H groups in total. The summed E-state index contributed by atoms with van der Waals surface area (Å²) in [5.74, 6) is 0.146. The molecule has 4 nitrogen and oxygen atoms in total. The smallest absolute Gasteiger partial charge is 0.254 e. The number of aliphatic hydroxyl groups excluding tert-OH is 1. The van der Waals surface area contributed by atoms with Crippen LogP contribution in [0, 0.1) is 0 Å². The normalized spacial score (nSPS) is 28.8. The van der Waals surface area contributed by atoms with Crippen molar-refractivity contribution in [2.24, 2.45) is 0 Å². The Balaban J connectivity index is 1.56. The molecule has 1 aliphatic carbocycles. The van der Waals surface area contributed by atoms with E-state index < -0.39 is 0 Å². The van der Waals surface area contributed by atoms with Crippen LogP contribution in [0.15, 0.2) is 16.8 Å². The van der Waals surface area contributed by atoms with Crippen molar-refractivity contribution in [1.82, 2.24) is 9.80 Å². The van der Waals surface area contributed by atoms with Crippen LogP contribution in [0.4, 0.5) is 0 Å². The van der Waals surface area contributed by atoms with Crippen molar-refractivity contribution >= 4 is 17.2 Å². The van der Waals surface area contributed by atoms with Gasteiger partial charge in [0.2, 0.25) is 0 Å². The lowest BCUT2D eigenvalue weighted by molar-refractivity contribution is 0.0316. The first-order chi connectivity index (χ1) is 9.25. The number of nitrogens with zero attached hydrogens (tertiary/aromatic N) is 2. The minimum absolute atomic E-state index is 0.146. The molecule has 2 fully saturated rings. The van der Waals surface area contributed by atoms with Gasteiger partial charge in [0.15, 0.2) is 0 Å². The van der Waals surface area contributed by atoms with E-state index in [2.05, 4.69) is 4.90 Å². The van der Waals surface area contributed by atoms with Gasteiger partial charge in [-0.1, -0.05) is 0 Å². The van der Waals surface area contributed by atoms with Gasteiger partial charge in [-0.2, -0.15) is 11.3 Å². The topological polar surface area (TPSA) is 43.8 Å². The SMILES string of the molecule is O=C(c1ccsc1)N1CCN([C@@H]2CCC[C@@H]2O)CC1. The molecule has 104 valence electrons. The molecule has 1 saturated carbocycles. The van der Waals surface area contributed by atoms with Crippen LogP contribution < -0.4 is 0 Å². The summed E-state index contributed by atoms with van der Waals surface area (Å²) in [6, 6.07) is 2.21. The van der Waals surface area contributed by atoms with Crippen molar-refractivity contribution in [3.8, 4) is 0 Å². The lowest BCUT2D eigenvalue weighted by atomic mass is 10.1. The predicted molar refractivity (Wildman–Crippen MR) is 75.4 cm³/mol. The first-order valence-electron chi connectivity index (χ1n) is 6.99. The molecule has 2 heterocycles. The van der Waals surface area contributed by atoms with Crippen molar-refractivity contribution in [1.29, 1.82) is 0 Å². The zero-order valence-electron chi connectivity index (χ0n) is 11.0. The highest BCUT2D eigenvalue weighted by Gasteiger charge is 2.33. The second kappa shape index (κ2) is 5.61. The Bertz CT molecular complexity index is 427. The van der Waals surface area contributed by atoms with Crippen LogP contribution in [0.1, 0.15) is 29.6 Å². The number of rotatable bonds is 2. The number of aliphatic hydroxyl groups is 1. The van der Waals surface area contributed by atoms with Crippen LogP contribution in [-0.2, 0) is 0 Å². The summed E-state index contributed by atoms with van der Waals surface area (Å²) in [4.78, 5) is 16.5. The van der Waals surface area contributed by atoms with Crippen molar-refractivity contribution in [3.63, 3.8) is 0 Å². The first kappa shape index (κ1) is 13.1. The maximum absolute atomic E-state index is 12.2. The van der Waals surface area contributed by atoms with Crippen LogP contribution in [0.5, 0.6) is 0 Å². The van der Waals surface area contributed by atoms with E-state index in [-0.39, 0.29) is 12.0 Å². The van der Waals surface area contributed by atoms with E-state index >= 15 is 0 Å². The molecule has 1 amide bonds. The summed E-state index contributed by atoms with van der Waals surface area (Å²) >= 11 is 1.56. The van der Waals surface area contributed by atoms with Crippen LogP contribution in [-0.4, -0.2) is 59.1 Å². The number of carbonyl (C=O) groups is 1. The number of hydrogen-bond donors (Lipinski definition) is 1. The minimum Gasteiger partial charge on any atom is -0.391 e. The number of carbonyl (C=O) groups excluding carboxylic acids is 1. The summed E-state index contributed by atoms with van der Waals surface area (Å²) in [5.41, 5.74) is 0.805. The maximum Gasteiger partial charge on any atom is 0.254 e. The molecule has 3 rings (SSSR count). The van der Waals surface area contributed by atoms with Gasteiger partial charge in [0.05, 0.1) is 11.7 Å². The second-order valence-corrected chi connectivity index (χ2v) is 6.19. The van der Waals surface area contributed by atoms with E-state index in [9.17, 15) is 9.90 Å². The van der Waals surface area contributed by atoms with Crippen LogP contribution in [0.25, 0.3) is 0 Å². The fourth-order valence-electron chi connectivity index (χ4n) is 3.17. The second-order valence-electron chi connectivity index (χ2n) is 5.41. The summed E-state index contributed by atoms with van der Waals surface area (Å²) < 4.78 is 0.